The minimum atomic E-state index is -2.80. The minimum Gasteiger partial charge on any atom is -0.396 e. The van der Waals surface area contributed by atoms with Crippen LogP contribution in [0.15, 0.2) is 0 Å². The average molecular weight is 235 g/mol. The SMILES string of the molecule is CC(C)N(CCCO)C1CCS(=O)(=O)C1. The second-order valence-electron chi connectivity index (χ2n) is 4.47. The zero-order chi connectivity index (χ0) is 11.5. The van der Waals surface area contributed by atoms with Gasteiger partial charge in [0, 0.05) is 25.2 Å². The number of aliphatic hydroxyl groups is 1. The van der Waals surface area contributed by atoms with Crippen LogP contribution in [0.2, 0.25) is 0 Å². The molecular weight excluding hydrogens is 214 g/mol. The summed E-state index contributed by atoms with van der Waals surface area (Å²) in [5.41, 5.74) is 0. The Morgan fingerprint density at radius 3 is 2.53 bits per heavy atom. The molecule has 0 radical (unpaired) electrons. The Morgan fingerprint density at radius 1 is 1.47 bits per heavy atom. The van der Waals surface area contributed by atoms with E-state index in [1.807, 2.05) is 0 Å². The van der Waals surface area contributed by atoms with Crippen molar-refractivity contribution in [3.8, 4) is 0 Å². The Labute approximate surface area is 92.2 Å². The van der Waals surface area contributed by atoms with Crippen LogP contribution in [-0.4, -0.2) is 55.2 Å². The van der Waals surface area contributed by atoms with Crippen molar-refractivity contribution in [3.63, 3.8) is 0 Å². The fourth-order valence-electron chi connectivity index (χ4n) is 2.15. The maximum Gasteiger partial charge on any atom is 0.151 e. The molecule has 0 aromatic carbocycles. The van der Waals surface area contributed by atoms with Crippen LogP contribution in [0.25, 0.3) is 0 Å². The summed E-state index contributed by atoms with van der Waals surface area (Å²) >= 11 is 0. The highest BCUT2D eigenvalue weighted by molar-refractivity contribution is 7.91. The summed E-state index contributed by atoms with van der Waals surface area (Å²) in [6.45, 7) is 5.10. The molecule has 1 N–H and O–H groups in total. The van der Waals surface area contributed by atoms with Gasteiger partial charge in [-0.15, -0.1) is 0 Å². The predicted molar refractivity (Wildman–Crippen MR) is 60.6 cm³/mol. The molecular formula is C10H21NO3S. The third-order valence-electron chi connectivity index (χ3n) is 2.92. The van der Waals surface area contributed by atoms with Crippen LogP contribution in [0.5, 0.6) is 0 Å². The van der Waals surface area contributed by atoms with Crippen LogP contribution in [0.1, 0.15) is 26.7 Å². The Hall–Kier alpha value is -0.130. The van der Waals surface area contributed by atoms with Crippen molar-refractivity contribution in [2.75, 3.05) is 24.7 Å². The third-order valence-corrected chi connectivity index (χ3v) is 4.67. The van der Waals surface area contributed by atoms with Crippen LogP contribution in [0.3, 0.4) is 0 Å². The van der Waals surface area contributed by atoms with Crippen molar-refractivity contribution in [3.05, 3.63) is 0 Å². The van der Waals surface area contributed by atoms with Gasteiger partial charge >= 0.3 is 0 Å². The lowest BCUT2D eigenvalue weighted by atomic mass is 10.1. The van der Waals surface area contributed by atoms with E-state index in [2.05, 4.69) is 18.7 Å². The summed E-state index contributed by atoms with van der Waals surface area (Å²) in [6.07, 6.45) is 1.46. The maximum atomic E-state index is 11.4. The summed E-state index contributed by atoms with van der Waals surface area (Å²) in [5.74, 6) is 0.608. The number of rotatable bonds is 5. The first-order valence-corrected chi connectivity index (χ1v) is 7.35. The normalized spacial score (nSPS) is 25.3. The minimum absolute atomic E-state index is 0.154. The molecule has 0 saturated carbocycles. The largest absolute Gasteiger partial charge is 0.396 e. The summed E-state index contributed by atoms with van der Waals surface area (Å²) in [6, 6.07) is 0.497. The second-order valence-corrected chi connectivity index (χ2v) is 6.69. The number of sulfone groups is 1. The molecule has 1 unspecified atom stereocenters. The van der Waals surface area contributed by atoms with E-state index >= 15 is 0 Å². The van der Waals surface area contributed by atoms with E-state index < -0.39 is 9.84 Å². The van der Waals surface area contributed by atoms with Gasteiger partial charge in [-0.05, 0) is 26.7 Å². The van der Waals surface area contributed by atoms with Crippen molar-refractivity contribution >= 4 is 9.84 Å². The van der Waals surface area contributed by atoms with Gasteiger partial charge in [0.15, 0.2) is 9.84 Å². The van der Waals surface area contributed by atoms with Gasteiger partial charge in [-0.25, -0.2) is 8.42 Å². The number of nitrogens with zero attached hydrogens (tertiary/aromatic N) is 1. The van der Waals surface area contributed by atoms with Crippen molar-refractivity contribution in [2.24, 2.45) is 0 Å². The van der Waals surface area contributed by atoms with Crippen molar-refractivity contribution in [2.45, 2.75) is 38.8 Å². The fraction of sp³-hybridized carbons (Fsp3) is 1.00. The van der Waals surface area contributed by atoms with Gasteiger partial charge < -0.3 is 5.11 Å². The maximum absolute atomic E-state index is 11.4. The lowest BCUT2D eigenvalue weighted by Crippen LogP contribution is -2.42. The smallest absolute Gasteiger partial charge is 0.151 e. The first-order chi connectivity index (χ1) is 6.96. The van der Waals surface area contributed by atoms with Gasteiger partial charge in [0.25, 0.3) is 0 Å². The van der Waals surface area contributed by atoms with E-state index in [0.29, 0.717) is 18.2 Å². The van der Waals surface area contributed by atoms with E-state index in [0.717, 1.165) is 13.0 Å². The summed E-state index contributed by atoms with van der Waals surface area (Å²) in [7, 11) is -2.80. The highest BCUT2D eigenvalue weighted by Crippen LogP contribution is 2.19. The molecule has 1 fully saturated rings. The second kappa shape index (κ2) is 5.27. The lowest BCUT2D eigenvalue weighted by molar-refractivity contribution is 0.149. The highest BCUT2D eigenvalue weighted by atomic mass is 32.2. The van der Waals surface area contributed by atoms with Crippen LogP contribution in [0.4, 0.5) is 0 Å². The standard InChI is InChI=1S/C10H21NO3S/c1-9(2)11(5-3-6-12)10-4-7-15(13,14)8-10/h9-10,12H,3-8H2,1-2H3. The quantitative estimate of drug-likeness (QED) is 0.743. The molecule has 15 heavy (non-hydrogen) atoms. The van der Waals surface area contributed by atoms with Gasteiger partial charge in [-0.3, -0.25) is 4.90 Å². The van der Waals surface area contributed by atoms with Gasteiger partial charge in [0.2, 0.25) is 0 Å². The monoisotopic (exact) mass is 235 g/mol. The average Bonchev–Trinajstić information content (AvgIpc) is 2.46. The van der Waals surface area contributed by atoms with Gasteiger partial charge in [-0.1, -0.05) is 0 Å². The third kappa shape index (κ3) is 3.74. The zero-order valence-corrected chi connectivity index (χ0v) is 10.3. The molecule has 0 aromatic heterocycles. The summed E-state index contributed by atoms with van der Waals surface area (Å²) in [5, 5.41) is 8.80. The predicted octanol–water partition coefficient (Wildman–Crippen LogP) is 0.266. The van der Waals surface area contributed by atoms with Crippen LogP contribution >= 0.6 is 0 Å². The van der Waals surface area contributed by atoms with E-state index in [1.165, 1.54) is 0 Å². The molecule has 1 saturated heterocycles. The topological polar surface area (TPSA) is 57.6 Å². The van der Waals surface area contributed by atoms with Gasteiger partial charge in [0.1, 0.15) is 0 Å². The van der Waals surface area contributed by atoms with Crippen molar-refractivity contribution in [1.82, 2.24) is 4.90 Å². The first-order valence-electron chi connectivity index (χ1n) is 5.53. The molecule has 1 rings (SSSR count). The Morgan fingerprint density at radius 2 is 2.13 bits per heavy atom. The number of hydrogen-bond donors (Lipinski definition) is 1. The molecule has 0 spiro atoms. The van der Waals surface area contributed by atoms with Gasteiger partial charge in [-0.2, -0.15) is 0 Å². The van der Waals surface area contributed by atoms with Crippen molar-refractivity contribution in [1.29, 1.82) is 0 Å². The molecule has 4 nitrogen and oxygen atoms in total. The molecule has 90 valence electrons. The molecule has 0 aromatic rings. The number of aliphatic hydroxyl groups excluding tert-OH is 1. The van der Waals surface area contributed by atoms with Crippen LogP contribution in [0, 0.1) is 0 Å². The molecule has 1 atom stereocenters. The van der Waals surface area contributed by atoms with Crippen molar-refractivity contribution < 1.29 is 13.5 Å². The van der Waals surface area contributed by atoms with Crippen LogP contribution in [-0.2, 0) is 9.84 Å². The van der Waals surface area contributed by atoms with Gasteiger partial charge in [0.05, 0.1) is 11.5 Å². The van der Waals surface area contributed by atoms with E-state index in [9.17, 15) is 8.42 Å². The van der Waals surface area contributed by atoms with Crippen LogP contribution < -0.4 is 0 Å². The molecule has 1 aliphatic rings. The highest BCUT2D eigenvalue weighted by Gasteiger charge is 2.32. The number of hydrogen-bond acceptors (Lipinski definition) is 4. The Balaban J connectivity index is 2.57. The molecule has 0 bridgehead atoms. The summed E-state index contributed by atoms with van der Waals surface area (Å²) in [4.78, 5) is 2.20. The summed E-state index contributed by atoms with van der Waals surface area (Å²) < 4.78 is 22.7. The lowest BCUT2D eigenvalue weighted by Gasteiger charge is -2.31. The van der Waals surface area contributed by atoms with E-state index in [1.54, 1.807) is 0 Å². The molecule has 0 amide bonds. The van der Waals surface area contributed by atoms with E-state index in [4.69, 9.17) is 5.11 Å². The fourth-order valence-corrected chi connectivity index (χ4v) is 3.89. The Bertz CT molecular complexity index is 287. The Kier molecular flexibility index (Phi) is 4.55. The zero-order valence-electron chi connectivity index (χ0n) is 9.52. The molecule has 1 heterocycles. The first kappa shape index (κ1) is 12.9. The molecule has 0 aliphatic carbocycles. The molecule has 1 aliphatic heterocycles. The van der Waals surface area contributed by atoms with E-state index in [-0.39, 0.29) is 18.4 Å². The molecule has 5 heteroatoms.